The van der Waals surface area contributed by atoms with E-state index in [1.54, 1.807) is 6.08 Å². The van der Waals surface area contributed by atoms with Gasteiger partial charge in [-0.05, 0) is 25.0 Å². The molecule has 0 fully saturated rings. The second kappa shape index (κ2) is 7.14. The van der Waals surface area contributed by atoms with Crippen LogP contribution in [0, 0.1) is 13.8 Å². The van der Waals surface area contributed by atoms with E-state index in [2.05, 4.69) is 44.7 Å². The Hall–Kier alpha value is -1.30. The zero-order valence-corrected chi connectivity index (χ0v) is 9.67. The van der Waals surface area contributed by atoms with Gasteiger partial charge in [0, 0.05) is 0 Å². The van der Waals surface area contributed by atoms with Crippen molar-refractivity contribution in [2.24, 2.45) is 0 Å². The standard InChI is InChI=1S/C12H14.C2H6/c1-4-5-6-12-8-7-10(2)9-11(12)3;1-2/h4-9H,1H2,2-3H3;1-2H3/b6-5-;. The minimum absolute atomic E-state index is 1.26. The average molecular weight is 188 g/mol. The van der Waals surface area contributed by atoms with Gasteiger partial charge in [-0.25, -0.2) is 0 Å². The molecule has 76 valence electrons. The van der Waals surface area contributed by atoms with Crippen LogP contribution >= 0.6 is 0 Å². The summed E-state index contributed by atoms with van der Waals surface area (Å²) in [7, 11) is 0. The van der Waals surface area contributed by atoms with Gasteiger partial charge in [-0.1, -0.05) is 62.4 Å². The van der Waals surface area contributed by atoms with Crippen molar-refractivity contribution in [3.8, 4) is 0 Å². The largest absolute Gasteiger partial charge is 0.0991 e. The molecule has 0 spiro atoms. The van der Waals surface area contributed by atoms with E-state index < -0.39 is 0 Å². The number of allylic oxidation sites excluding steroid dienone is 2. The topological polar surface area (TPSA) is 0 Å². The van der Waals surface area contributed by atoms with Crippen LogP contribution in [-0.4, -0.2) is 0 Å². The highest BCUT2D eigenvalue weighted by molar-refractivity contribution is 5.55. The van der Waals surface area contributed by atoms with Gasteiger partial charge in [-0.3, -0.25) is 0 Å². The SMILES string of the molecule is C=C/C=C\c1ccc(C)cc1C.CC. The molecule has 1 rings (SSSR count). The monoisotopic (exact) mass is 188 g/mol. The molecular formula is C14H20. The van der Waals surface area contributed by atoms with Gasteiger partial charge >= 0.3 is 0 Å². The quantitative estimate of drug-likeness (QED) is 0.598. The lowest BCUT2D eigenvalue weighted by molar-refractivity contribution is 1.37. The Kier molecular flexibility index (Phi) is 6.47. The maximum Gasteiger partial charge on any atom is -0.0227 e. The Balaban J connectivity index is 0.000000791. The Labute approximate surface area is 88.0 Å². The van der Waals surface area contributed by atoms with Crippen LogP contribution in [0.2, 0.25) is 0 Å². The van der Waals surface area contributed by atoms with Gasteiger partial charge in [0.1, 0.15) is 0 Å². The number of benzene rings is 1. The predicted molar refractivity (Wildman–Crippen MR) is 66.5 cm³/mol. The summed E-state index contributed by atoms with van der Waals surface area (Å²) in [6.07, 6.45) is 5.82. The molecule has 1 aromatic rings. The smallest absolute Gasteiger partial charge is 0.0227 e. The molecule has 0 aliphatic heterocycles. The Morgan fingerprint density at radius 3 is 2.29 bits per heavy atom. The lowest BCUT2D eigenvalue weighted by Gasteiger charge is -2.00. The van der Waals surface area contributed by atoms with Crippen molar-refractivity contribution in [2.45, 2.75) is 27.7 Å². The van der Waals surface area contributed by atoms with Crippen LogP contribution in [0.1, 0.15) is 30.5 Å². The van der Waals surface area contributed by atoms with Gasteiger partial charge in [0.2, 0.25) is 0 Å². The van der Waals surface area contributed by atoms with Crippen LogP contribution in [-0.2, 0) is 0 Å². The van der Waals surface area contributed by atoms with Gasteiger partial charge in [-0.2, -0.15) is 0 Å². The lowest BCUT2D eigenvalue weighted by Crippen LogP contribution is -1.81. The molecule has 0 N–H and O–H groups in total. The molecule has 0 radical (unpaired) electrons. The van der Waals surface area contributed by atoms with Crippen LogP contribution in [0.15, 0.2) is 36.9 Å². The van der Waals surface area contributed by atoms with Crippen LogP contribution in [0.5, 0.6) is 0 Å². The lowest BCUT2D eigenvalue weighted by atomic mass is 10.1. The predicted octanol–water partition coefficient (Wildman–Crippen LogP) is 4.53. The van der Waals surface area contributed by atoms with E-state index in [0.717, 1.165) is 0 Å². The van der Waals surface area contributed by atoms with Crippen molar-refractivity contribution < 1.29 is 0 Å². The molecule has 0 unspecified atom stereocenters. The molecule has 0 aromatic heterocycles. The summed E-state index contributed by atoms with van der Waals surface area (Å²) in [5.41, 5.74) is 3.89. The molecule has 0 heteroatoms. The van der Waals surface area contributed by atoms with Crippen molar-refractivity contribution in [1.82, 2.24) is 0 Å². The summed E-state index contributed by atoms with van der Waals surface area (Å²) >= 11 is 0. The van der Waals surface area contributed by atoms with E-state index >= 15 is 0 Å². The van der Waals surface area contributed by atoms with E-state index in [0.29, 0.717) is 0 Å². The fourth-order valence-electron chi connectivity index (χ4n) is 1.18. The first-order valence-corrected chi connectivity index (χ1v) is 5.10. The molecular weight excluding hydrogens is 168 g/mol. The third-order valence-corrected chi connectivity index (χ3v) is 1.84. The normalized spacial score (nSPS) is 9.43. The minimum atomic E-state index is 1.26. The zero-order chi connectivity index (χ0) is 11.0. The van der Waals surface area contributed by atoms with Crippen molar-refractivity contribution in [3.63, 3.8) is 0 Å². The van der Waals surface area contributed by atoms with E-state index in [4.69, 9.17) is 0 Å². The molecule has 0 nitrogen and oxygen atoms in total. The first-order valence-electron chi connectivity index (χ1n) is 5.10. The highest BCUT2D eigenvalue weighted by Crippen LogP contribution is 2.11. The van der Waals surface area contributed by atoms with Gasteiger partial charge in [0.05, 0.1) is 0 Å². The van der Waals surface area contributed by atoms with Crippen LogP contribution in [0.25, 0.3) is 6.08 Å². The van der Waals surface area contributed by atoms with Gasteiger partial charge in [0.15, 0.2) is 0 Å². The van der Waals surface area contributed by atoms with Crippen molar-refractivity contribution >= 4 is 6.08 Å². The van der Waals surface area contributed by atoms with E-state index in [1.807, 2.05) is 19.9 Å². The molecule has 0 amide bonds. The molecule has 0 atom stereocenters. The highest BCUT2D eigenvalue weighted by Gasteiger charge is 1.92. The third kappa shape index (κ3) is 4.08. The fourth-order valence-corrected chi connectivity index (χ4v) is 1.18. The first-order chi connectivity index (χ1) is 6.74. The summed E-state index contributed by atoms with van der Waals surface area (Å²) in [5.74, 6) is 0. The molecule has 0 heterocycles. The van der Waals surface area contributed by atoms with Crippen LogP contribution < -0.4 is 0 Å². The molecule has 0 aliphatic rings. The second-order valence-corrected chi connectivity index (χ2v) is 2.95. The summed E-state index contributed by atoms with van der Waals surface area (Å²) in [6.45, 7) is 11.9. The highest BCUT2D eigenvalue weighted by atomic mass is 14.0. The number of rotatable bonds is 2. The minimum Gasteiger partial charge on any atom is -0.0991 e. The fraction of sp³-hybridized carbons (Fsp3) is 0.286. The molecule has 1 aromatic carbocycles. The van der Waals surface area contributed by atoms with Gasteiger partial charge in [0.25, 0.3) is 0 Å². The molecule has 0 aliphatic carbocycles. The van der Waals surface area contributed by atoms with Crippen molar-refractivity contribution in [1.29, 1.82) is 0 Å². The second-order valence-electron chi connectivity index (χ2n) is 2.95. The van der Waals surface area contributed by atoms with Crippen LogP contribution in [0.4, 0.5) is 0 Å². The van der Waals surface area contributed by atoms with Crippen LogP contribution in [0.3, 0.4) is 0 Å². The summed E-state index contributed by atoms with van der Waals surface area (Å²) in [6, 6.07) is 6.43. The molecule has 0 bridgehead atoms. The summed E-state index contributed by atoms with van der Waals surface area (Å²) in [4.78, 5) is 0. The van der Waals surface area contributed by atoms with E-state index in [1.165, 1.54) is 16.7 Å². The zero-order valence-electron chi connectivity index (χ0n) is 9.67. The van der Waals surface area contributed by atoms with Crippen molar-refractivity contribution in [2.75, 3.05) is 0 Å². The maximum atomic E-state index is 3.64. The van der Waals surface area contributed by atoms with Gasteiger partial charge in [-0.15, -0.1) is 0 Å². The molecule has 14 heavy (non-hydrogen) atoms. The van der Waals surface area contributed by atoms with E-state index in [-0.39, 0.29) is 0 Å². The molecule has 0 saturated carbocycles. The summed E-state index contributed by atoms with van der Waals surface area (Å²) in [5, 5.41) is 0. The summed E-state index contributed by atoms with van der Waals surface area (Å²) < 4.78 is 0. The first kappa shape index (κ1) is 12.7. The third-order valence-electron chi connectivity index (χ3n) is 1.84. The van der Waals surface area contributed by atoms with Crippen molar-refractivity contribution in [3.05, 3.63) is 53.6 Å². The Bertz CT molecular complexity index is 306. The molecule has 0 saturated heterocycles. The maximum absolute atomic E-state index is 3.64. The number of hydrogen-bond donors (Lipinski definition) is 0. The number of aryl methyl sites for hydroxylation is 2. The van der Waals surface area contributed by atoms with Gasteiger partial charge < -0.3 is 0 Å². The number of hydrogen-bond acceptors (Lipinski definition) is 0. The Morgan fingerprint density at radius 2 is 1.79 bits per heavy atom. The van der Waals surface area contributed by atoms with E-state index in [9.17, 15) is 0 Å². The Morgan fingerprint density at radius 1 is 1.14 bits per heavy atom. The average Bonchev–Trinajstić information content (AvgIpc) is 2.20.